The molecule has 2 aromatic rings. The van der Waals surface area contributed by atoms with E-state index in [1.165, 1.54) is 5.69 Å². The highest BCUT2D eigenvalue weighted by Gasteiger charge is 2.23. The van der Waals surface area contributed by atoms with Crippen molar-refractivity contribution in [3.8, 4) is 11.3 Å². The Morgan fingerprint density at radius 1 is 1.22 bits per heavy atom. The lowest BCUT2D eigenvalue weighted by Gasteiger charge is -2.27. The quantitative estimate of drug-likeness (QED) is 0.676. The summed E-state index contributed by atoms with van der Waals surface area (Å²) in [6.45, 7) is 2.74. The van der Waals surface area contributed by atoms with Crippen molar-refractivity contribution in [1.29, 1.82) is 0 Å². The molecule has 2 heterocycles. The van der Waals surface area contributed by atoms with E-state index in [9.17, 15) is 4.79 Å². The molecular formula is C21H31ClN4O. The Bertz CT molecular complexity index is 682. The van der Waals surface area contributed by atoms with Crippen molar-refractivity contribution in [3.63, 3.8) is 0 Å². The monoisotopic (exact) mass is 390 g/mol. The summed E-state index contributed by atoms with van der Waals surface area (Å²) in [7, 11) is 1.94. The second kappa shape index (κ2) is 11.1. The van der Waals surface area contributed by atoms with Crippen LogP contribution >= 0.6 is 12.4 Å². The van der Waals surface area contributed by atoms with Gasteiger partial charge in [0.2, 0.25) is 5.91 Å². The number of aromatic amines is 1. The number of hydrogen-bond donors (Lipinski definition) is 2. The smallest absolute Gasteiger partial charge is 0.226 e. The molecule has 27 heavy (non-hydrogen) atoms. The third-order valence-electron chi connectivity index (χ3n) is 5.16. The van der Waals surface area contributed by atoms with Crippen LogP contribution in [0.4, 0.5) is 0 Å². The maximum Gasteiger partial charge on any atom is 0.226 e. The van der Waals surface area contributed by atoms with Gasteiger partial charge in [0.05, 0.1) is 11.6 Å². The van der Waals surface area contributed by atoms with E-state index < -0.39 is 0 Å². The number of rotatable bonds is 8. The van der Waals surface area contributed by atoms with E-state index in [0.29, 0.717) is 5.91 Å². The summed E-state index contributed by atoms with van der Waals surface area (Å²) in [5.74, 6) is 0.480. The molecule has 1 fully saturated rings. The molecule has 0 saturated carbocycles. The van der Waals surface area contributed by atoms with E-state index in [1.807, 2.05) is 30.1 Å². The first-order valence-electron chi connectivity index (χ1n) is 9.79. The summed E-state index contributed by atoms with van der Waals surface area (Å²) in [4.78, 5) is 14.3. The number of halogens is 1. The van der Waals surface area contributed by atoms with E-state index >= 15 is 0 Å². The predicted molar refractivity (Wildman–Crippen MR) is 112 cm³/mol. The first kappa shape index (κ1) is 21.5. The Morgan fingerprint density at radius 2 is 2.04 bits per heavy atom. The number of carbonyl (C=O) groups is 1. The van der Waals surface area contributed by atoms with Crippen LogP contribution < -0.4 is 5.32 Å². The summed E-state index contributed by atoms with van der Waals surface area (Å²) in [6.07, 6.45) is 6.44. The third-order valence-corrected chi connectivity index (χ3v) is 5.16. The molecule has 0 aliphatic carbocycles. The van der Waals surface area contributed by atoms with E-state index in [0.717, 1.165) is 69.4 Å². The van der Waals surface area contributed by atoms with Crippen LogP contribution in [0.25, 0.3) is 11.3 Å². The van der Waals surface area contributed by atoms with Gasteiger partial charge in [0.15, 0.2) is 0 Å². The highest BCUT2D eigenvalue weighted by Crippen LogP contribution is 2.18. The van der Waals surface area contributed by atoms with Gasteiger partial charge >= 0.3 is 0 Å². The van der Waals surface area contributed by atoms with Crippen molar-refractivity contribution in [3.05, 3.63) is 42.1 Å². The van der Waals surface area contributed by atoms with Crippen LogP contribution in [0.3, 0.4) is 0 Å². The lowest BCUT2D eigenvalue weighted by Crippen LogP contribution is -2.41. The van der Waals surface area contributed by atoms with Crippen molar-refractivity contribution in [1.82, 2.24) is 20.4 Å². The van der Waals surface area contributed by atoms with Crippen LogP contribution in [0, 0.1) is 5.92 Å². The fraction of sp³-hybridized carbons (Fsp3) is 0.524. The Labute approximate surface area is 168 Å². The molecule has 3 rings (SSSR count). The molecule has 1 aliphatic rings. The van der Waals surface area contributed by atoms with Crippen LogP contribution in [0.1, 0.15) is 37.8 Å². The number of hydrogen-bond acceptors (Lipinski definition) is 3. The SMILES string of the molecule is CN(CCCCCc1cc(-c2ccccc2)n[nH]1)C(=O)C1CCCNC1.Cl. The van der Waals surface area contributed by atoms with Gasteiger partial charge in [-0.3, -0.25) is 9.89 Å². The van der Waals surface area contributed by atoms with Crippen molar-refractivity contribution in [2.24, 2.45) is 5.92 Å². The maximum atomic E-state index is 12.4. The normalized spacial score (nSPS) is 16.6. The van der Waals surface area contributed by atoms with Crippen LogP contribution in [0.15, 0.2) is 36.4 Å². The van der Waals surface area contributed by atoms with Crippen molar-refractivity contribution in [2.75, 3.05) is 26.7 Å². The van der Waals surface area contributed by atoms with Gasteiger partial charge in [0.25, 0.3) is 0 Å². The van der Waals surface area contributed by atoms with Gasteiger partial charge in [-0.15, -0.1) is 12.4 Å². The zero-order valence-electron chi connectivity index (χ0n) is 16.1. The van der Waals surface area contributed by atoms with Gasteiger partial charge in [-0.05, 0) is 44.7 Å². The first-order chi connectivity index (χ1) is 12.7. The number of amides is 1. The standard InChI is InChI=1S/C21H30N4O.ClH/c1-25(21(26)18-11-8-13-22-16-18)14-7-3-6-12-19-15-20(24-23-19)17-9-4-2-5-10-17;/h2,4-5,9-10,15,18,22H,3,6-8,11-14,16H2,1H3,(H,23,24);1H. The Hall–Kier alpha value is -1.85. The van der Waals surface area contributed by atoms with Gasteiger partial charge in [-0.1, -0.05) is 36.8 Å². The topological polar surface area (TPSA) is 61.0 Å². The lowest BCUT2D eigenvalue weighted by atomic mass is 9.98. The molecule has 5 nitrogen and oxygen atoms in total. The fourth-order valence-corrected chi connectivity index (χ4v) is 3.57. The highest BCUT2D eigenvalue weighted by molar-refractivity contribution is 5.85. The zero-order valence-corrected chi connectivity index (χ0v) is 16.9. The average molecular weight is 391 g/mol. The zero-order chi connectivity index (χ0) is 18.2. The number of H-pyrrole nitrogens is 1. The fourth-order valence-electron chi connectivity index (χ4n) is 3.57. The van der Waals surface area contributed by atoms with Gasteiger partial charge in [-0.25, -0.2) is 0 Å². The number of nitrogens with zero attached hydrogens (tertiary/aromatic N) is 2. The maximum absolute atomic E-state index is 12.4. The van der Waals surface area contributed by atoms with E-state index in [-0.39, 0.29) is 18.3 Å². The lowest BCUT2D eigenvalue weighted by molar-refractivity contribution is -0.134. The summed E-state index contributed by atoms with van der Waals surface area (Å²) >= 11 is 0. The van der Waals surface area contributed by atoms with Gasteiger partial charge in [-0.2, -0.15) is 5.10 Å². The molecule has 1 unspecified atom stereocenters. The number of unbranched alkanes of at least 4 members (excludes halogenated alkanes) is 2. The minimum absolute atomic E-state index is 0. The van der Waals surface area contributed by atoms with Crippen LogP contribution in [-0.4, -0.2) is 47.7 Å². The second-order valence-corrected chi connectivity index (χ2v) is 7.26. The second-order valence-electron chi connectivity index (χ2n) is 7.26. The Balaban J connectivity index is 0.00000261. The number of carbonyl (C=O) groups excluding carboxylic acids is 1. The number of nitrogens with one attached hydrogen (secondary N) is 2. The molecule has 1 atom stereocenters. The van der Waals surface area contributed by atoms with Gasteiger partial charge in [0.1, 0.15) is 0 Å². The first-order valence-corrected chi connectivity index (χ1v) is 9.79. The Kier molecular flexibility index (Phi) is 8.82. The minimum Gasteiger partial charge on any atom is -0.345 e. The van der Waals surface area contributed by atoms with Crippen molar-refractivity contribution >= 4 is 18.3 Å². The summed E-state index contributed by atoms with van der Waals surface area (Å²) < 4.78 is 0. The van der Waals surface area contributed by atoms with Gasteiger partial charge in [0, 0.05) is 31.4 Å². The van der Waals surface area contributed by atoms with E-state index in [1.54, 1.807) is 0 Å². The van der Waals surface area contributed by atoms with Crippen LogP contribution in [-0.2, 0) is 11.2 Å². The molecule has 1 aliphatic heterocycles. The number of benzene rings is 1. The molecular weight excluding hydrogens is 360 g/mol. The summed E-state index contributed by atoms with van der Waals surface area (Å²) in [6, 6.07) is 12.4. The largest absolute Gasteiger partial charge is 0.345 e. The van der Waals surface area contributed by atoms with Crippen molar-refractivity contribution in [2.45, 2.75) is 38.5 Å². The minimum atomic E-state index is 0. The molecule has 0 spiro atoms. The Morgan fingerprint density at radius 3 is 2.78 bits per heavy atom. The molecule has 1 amide bonds. The number of aromatic nitrogens is 2. The molecule has 6 heteroatoms. The third kappa shape index (κ3) is 6.36. The number of piperidine rings is 1. The molecule has 2 N–H and O–H groups in total. The molecule has 0 radical (unpaired) electrons. The van der Waals surface area contributed by atoms with E-state index in [2.05, 4.69) is 33.7 Å². The summed E-state index contributed by atoms with van der Waals surface area (Å²) in [5.41, 5.74) is 3.33. The molecule has 1 aromatic carbocycles. The molecule has 148 valence electrons. The molecule has 1 aromatic heterocycles. The van der Waals surface area contributed by atoms with Crippen LogP contribution in [0.5, 0.6) is 0 Å². The average Bonchev–Trinajstić information content (AvgIpc) is 3.17. The number of aryl methyl sites for hydroxylation is 1. The van der Waals surface area contributed by atoms with Gasteiger partial charge < -0.3 is 10.2 Å². The predicted octanol–water partition coefficient (Wildman–Crippen LogP) is 3.67. The van der Waals surface area contributed by atoms with Crippen molar-refractivity contribution < 1.29 is 4.79 Å². The van der Waals surface area contributed by atoms with E-state index in [4.69, 9.17) is 0 Å². The molecule has 1 saturated heterocycles. The van der Waals surface area contributed by atoms with Crippen LogP contribution in [0.2, 0.25) is 0 Å². The molecule has 0 bridgehead atoms. The highest BCUT2D eigenvalue weighted by atomic mass is 35.5. The summed E-state index contributed by atoms with van der Waals surface area (Å²) in [5, 5.41) is 10.9.